The van der Waals surface area contributed by atoms with Crippen molar-refractivity contribution >= 4 is 44.0 Å². The Kier molecular flexibility index (Phi) is 6.64. The summed E-state index contributed by atoms with van der Waals surface area (Å²) >= 11 is 0. The first kappa shape index (κ1) is 26.2. The Balaban J connectivity index is 1.17. The van der Waals surface area contributed by atoms with Gasteiger partial charge in [-0.15, -0.1) is 0 Å². The van der Waals surface area contributed by atoms with Crippen molar-refractivity contribution in [1.82, 2.24) is 9.55 Å². The third-order valence-electron chi connectivity index (χ3n) is 7.92. The fraction of sp³-hybridized carbons (Fsp3) is 0.182. The Labute approximate surface area is 239 Å². The van der Waals surface area contributed by atoms with Gasteiger partial charge < -0.3 is 25.0 Å². The first-order chi connectivity index (χ1) is 20.5. The molecule has 1 fully saturated rings. The lowest BCUT2D eigenvalue weighted by molar-refractivity contribution is -0.0794. The predicted octanol–water partition coefficient (Wildman–Crippen LogP) is 4.23. The van der Waals surface area contributed by atoms with Gasteiger partial charge in [0.15, 0.2) is 6.23 Å². The summed E-state index contributed by atoms with van der Waals surface area (Å²) in [4.78, 5) is 29.6. The topological polar surface area (TPSA) is 123 Å². The first-order valence-corrected chi connectivity index (χ1v) is 13.7. The number of aromatic nitrogens is 2. The molecule has 1 aliphatic rings. The highest BCUT2D eigenvalue weighted by atomic mass is 16.6. The molecule has 9 nitrogen and oxygen atoms in total. The fourth-order valence-corrected chi connectivity index (χ4v) is 5.83. The van der Waals surface area contributed by atoms with E-state index in [4.69, 9.17) is 9.47 Å². The maximum absolute atomic E-state index is 13.1. The van der Waals surface area contributed by atoms with Gasteiger partial charge in [0.2, 0.25) is 0 Å². The van der Waals surface area contributed by atoms with Crippen LogP contribution in [0.3, 0.4) is 0 Å². The molecule has 0 spiro atoms. The van der Waals surface area contributed by atoms with E-state index >= 15 is 0 Å². The predicted molar refractivity (Wildman–Crippen MR) is 159 cm³/mol. The van der Waals surface area contributed by atoms with E-state index < -0.39 is 42.7 Å². The van der Waals surface area contributed by atoms with Crippen LogP contribution in [0.5, 0.6) is 0 Å². The number of aliphatic hydroxyl groups is 2. The zero-order chi connectivity index (χ0) is 28.8. The van der Waals surface area contributed by atoms with Gasteiger partial charge in [0.1, 0.15) is 24.1 Å². The number of anilines is 1. The third kappa shape index (κ3) is 4.49. The molecule has 0 aliphatic carbocycles. The number of hydrogen-bond donors (Lipinski definition) is 3. The van der Waals surface area contributed by atoms with Gasteiger partial charge in [-0.05, 0) is 56.1 Å². The van der Waals surface area contributed by atoms with Crippen molar-refractivity contribution in [2.75, 3.05) is 11.9 Å². The molecule has 7 rings (SSSR count). The van der Waals surface area contributed by atoms with Crippen LogP contribution in [0.15, 0.2) is 102 Å². The quantitative estimate of drug-likeness (QED) is 0.249. The number of ether oxygens (including phenoxy) is 2. The average Bonchev–Trinajstić information content (AvgIpc) is 3.34. The number of amides is 1. The second-order valence-electron chi connectivity index (χ2n) is 10.4. The lowest BCUT2D eigenvalue weighted by Crippen LogP contribution is -2.38. The molecule has 9 heteroatoms. The first-order valence-electron chi connectivity index (χ1n) is 13.7. The summed E-state index contributed by atoms with van der Waals surface area (Å²) in [5.74, 6) is -0.323. The molecule has 1 aliphatic heterocycles. The van der Waals surface area contributed by atoms with E-state index in [1.54, 1.807) is 30.3 Å². The fourth-order valence-electron chi connectivity index (χ4n) is 5.83. The second-order valence-corrected chi connectivity index (χ2v) is 10.4. The largest absolute Gasteiger partial charge is 0.394 e. The van der Waals surface area contributed by atoms with Gasteiger partial charge >= 0.3 is 5.69 Å². The van der Waals surface area contributed by atoms with E-state index in [1.807, 2.05) is 12.1 Å². The monoisotopic (exact) mass is 561 g/mol. The van der Waals surface area contributed by atoms with Crippen LogP contribution in [0.4, 0.5) is 5.82 Å². The zero-order valence-corrected chi connectivity index (χ0v) is 22.4. The van der Waals surface area contributed by atoms with Gasteiger partial charge in [0.25, 0.3) is 5.91 Å². The highest BCUT2D eigenvalue weighted by Crippen LogP contribution is 2.37. The number of aliphatic hydroxyl groups excluding tert-OH is 2. The number of nitrogens with one attached hydrogen (secondary N) is 1. The Morgan fingerprint density at radius 1 is 0.905 bits per heavy atom. The SMILES string of the molecule is O=C(Nc1ccn([C@@H]2O[C@H](CO)C(O)C2OCc2ccc3ccc4cccc5ccc2c3c45)c(=O)n1)c1ccccc1. The molecule has 2 heterocycles. The lowest BCUT2D eigenvalue weighted by Gasteiger charge is -2.23. The number of benzene rings is 5. The summed E-state index contributed by atoms with van der Waals surface area (Å²) in [5, 5.41) is 30.2. The summed E-state index contributed by atoms with van der Waals surface area (Å²) in [6.07, 6.45) is -2.73. The molecule has 1 amide bonds. The van der Waals surface area contributed by atoms with Crippen LogP contribution in [0.2, 0.25) is 0 Å². The van der Waals surface area contributed by atoms with E-state index in [9.17, 15) is 19.8 Å². The van der Waals surface area contributed by atoms with Crippen molar-refractivity contribution in [1.29, 1.82) is 0 Å². The summed E-state index contributed by atoms with van der Waals surface area (Å²) in [5.41, 5.74) is 0.647. The van der Waals surface area contributed by atoms with Gasteiger partial charge in [-0.3, -0.25) is 9.36 Å². The van der Waals surface area contributed by atoms with Gasteiger partial charge in [-0.2, -0.15) is 4.98 Å². The Hall–Kier alpha value is -4.67. The molecule has 4 atom stereocenters. The smallest absolute Gasteiger partial charge is 0.351 e. The van der Waals surface area contributed by atoms with E-state index in [0.29, 0.717) is 5.56 Å². The standard InChI is InChI=1S/C33H27N3O6/c37-17-25-29(38)30(32(42-25)36-16-15-26(35-33(36)40)34-31(39)22-5-2-1-3-6-22)41-18-23-12-11-21-10-9-19-7-4-8-20-13-14-24(23)28(21)27(19)20/h1-16,25,29-30,32,37-38H,17-18H2,(H,34,35,39,40)/t25-,29?,30?,32-/m1/s1. The molecule has 42 heavy (non-hydrogen) atoms. The minimum absolute atomic E-state index is 0.0773. The molecule has 5 aromatic carbocycles. The van der Waals surface area contributed by atoms with Crippen molar-refractivity contribution < 1.29 is 24.5 Å². The van der Waals surface area contributed by atoms with Crippen LogP contribution in [-0.2, 0) is 16.1 Å². The average molecular weight is 562 g/mol. The molecular weight excluding hydrogens is 534 g/mol. The Morgan fingerprint density at radius 2 is 1.62 bits per heavy atom. The van der Waals surface area contributed by atoms with Crippen molar-refractivity contribution in [3.8, 4) is 0 Å². The third-order valence-corrected chi connectivity index (χ3v) is 7.92. The zero-order valence-electron chi connectivity index (χ0n) is 22.4. The lowest BCUT2D eigenvalue weighted by atomic mass is 9.92. The molecule has 6 aromatic rings. The van der Waals surface area contributed by atoms with Crippen molar-refractivity contribution in [3.05, 3.63) is 119 Å². The summed E-state index contributed by atoms with van der Waals surface area (Å²) in [6.45, 7) is -0.315. The minimum Gasteiger partial charge on any atom is -0.394 e. The number of carbonyl (C=O) groups excluding carboxylic acids is 1. The van der Waals surface area contributed by atoms with Gasteiger partial charge in [-0.1, -0.05) is 72.8 Å². The molecule has 2 unspecified atom stereocenters. The highest BCUT2D eigenvalue weighted by molar-refractivity contribution is 6.23. The van der Waals surface area contributed by atoms with Gasteiger partial charge in [-0.25, -0.2) is 4.79 Å². The molecular formula is C33H27N3O6. The molecule has 3 N–H and O–H groups in total. The van der Waals surface area contributed by atoms with Crippen LogP contribution in [-0.4, -0.2) is 50.6 Å². The summed E-state index contributed by atoms with van der Waals surface area (Å²) in [7, 11) is 0. The van der Waals surface area contributed by atoms with E-state index in [0.717, 1.165) is 32.5 Å². The highest BCUT2D eigenvalue weighted by Gasteiger charge is 2.45. The molecule has 0 radical (unpaired) electrons. The van der Waals surface area contributed by atoms with Crippen molar-refractivity contribution in [3.63, 3.8) is 0 Å². The summed E-state index contributed by atoms with van der Waals surface area (Å²) < 4.78 is 13.3. The Morgan fingerprint density at radius 3 is 2.36 bits per heavy atom. The van der Waals surface area contributed by atoms with Gasteiger partial charge in [0.05, 0.1) is 13.2 Å². The summed E-state index contributed by atoms with van der Waals surface area (Å²) in [6, 6.07) is 28.8. The van der Waals surface area contributed by atoms with Crippen molar-refractivity contribution in [2.45, 2.75) is 31.1 Å². The van der Waals surface area contributed by atoms with Crippen LogP contribution in [0.1, 0.15) is 22.1 Å². The van der Waals surface area contributed by atoms with Crippen LogP contribution in [0, 0.1) is 0 Å². The normalized spacial score (nSPS) is 20.5. The molecule has 1 saturated heterocycles. The van der Waals surface area contributed by atoms with Crippen LogP contribution < -0.4 is 11.0 Å². The maximum atomic E-state index is 13.1. The van der Waals surface area contributed by atoms with E-state index in [1.165, 1.54) is 22.2 Å². The number of hydrogen-bond acceptors (Lipinski definition) is 7. The van der Waals surface area contributed by atoms with Crippen LogP contribution in [0.25, 0.3) is 32.3 Å². The van der Waals surface area contributed by atoms with E-state index in [2.05, 4.69) is 52.8 Å². The minimum atomic E-state index is -1.19. The molecule has 1 aromatic heterocycles. The molecule has 0 bridgehead atoms. The number of carbonyl (C=O) groups is 1. The molecule has 210 valence electrons. The Bertz CT molecular complexity index is 1960. The van der Waals surface area contributed by atoms with Gasteiger partial charge in [0, 0.05) is 11.8 Å². The number of rotatable bonds is 7. The molecule has 0 saturated carbocycles. The van der Waals surface area contributed by atoms with E-state index in [-0.39, 0.29) is 12.4 Å². The van der Waals surface area contributed by atoms with Crippen LogP contribution >= 0.6 is 0 Å². The number of nitrogens with zero attached hydrogens (tertiary/aromatic N) is 2. The second kappa shape index (κ2) is 10.6. The van der Waals surface area contributed by atoms with Crippen molar-refractivity contribution in [2.24, 2.45) is 0 Å². The maximum Gasteiger partial charge on any atom is 0.351 e.